The number of aromatic nitrogens is 4. The Morgan fingerprint density at radius 2 is 1.89 bits per heavy atom. The van der Waals surface area contributed by atoms with Gasteiger partial charge in [-0.3, -0.25) is 0 Å². The summed E-state index contributed by atoms with van der Waals surface area (Å²) >= 11 is 0. The van der Waals surface area contributed by atoms with E-state index in [-0.39, 0.29) is 28.6 Å². The van der Waals surface area contributed by atoms with Gasteiger partial charge in [-0.05, 0) is 54.2 Å². The van der Waals surface area contributed by atoms with Crippen LogP contribution < -0.4 is 5.32 Å². The Bertz CT molecular complexity index is 1580. The Labute approximate surface area is 211 Å². The lowest BCUT2D eigenvalue weighted by Crippen LogP contribution is -2.35. The quantitative estimate of drug-likeness (QED) is 0.331. The van der Waals surface area contributed by atoms with Crippen molar-refractivity contribution in [3.8, 4) is 34.0 Å². The second kappa shape index (κ2) is 9.49. The van der Waals surface area contributed by atoms with Gasteiger partial charge in [-0.15, -0.1) is 10.2 Å². The highest BCUT2D eigenvalue weighted by atomic mass is 19.1. The molecule has 3 aromatic carbocycles. The number of fused-ring (bicyclic) bond motifs is 1. The highest BCUT2D eigenvalue weighted by molar-refractivity contribution is 5.92. The van der Waals surface area contributed by atoms with Crippen molar-refractivity contribution in [1.82, 2.24) is 25.1 Å². The van der Waals surface area contributed by atoms with Crippen LogP contribution in [-0.4, -0.2) is 37.0 Å². The zero-order chi connectivity index (χ0) is 25.5. The van der Waals surface area contributed by atoms with Crippen LogP contribution >= 0.6 is 0 Å². The Kier molecular flexibility index (Phi) is 6.02. The molecule has 1 fully saturated rings. The summed E-state index contributed by atoms with van der Waals surface area (Å²) in [6, 6.07) is 15.7. The van der Waals surface area contributed by atoms with E-state index in [0.717, 1.165) is 30.4 Å². The molecular formula is C28H25F2N5O2. The molecule has 9 heteroatoms. The number of benzene rings is 3. The molecule has 0 radical (unpaired) electrons. The van der Waals surface area contributed by atoms with Crippen LogP contribution in [0.25, 0.3) is 45.1 Å². The van der Waals surface area contributed by atoms with Crippen molar-refractivity contribution in [1.29, 1.82) is 0 Å². The molecule has 5 aromatic rings. The normalized spacial score (nSPS) is 17.6. The van der Waals surface area contributed by atoms with Crippen LogP contribution in [0.5, 0.6) is 0 Å². The maximum atomic E-state index is 15.5. The molecule has 0 bridgehead atoms. The van der Waals surface area contributed by atoms with E-state index >= 15 is 8.78 Å². The van der Waals surface area contributed by atoms with E-state index in [1.54, 1.807) is 23.7 Å². The number of rotatable bonds is 6. The number of halogens is 2. The van der Waals surface area contributed by atoms with Crippen LogP contribution in [-0.2, 0) is 13.6 Å². The Hall–Kier alpha value is -3.95. The van der Waals surface area contributed by atoms with E-state index in [2.05, 4.69) is 20.5 Å². The van der Waals surface area contributed by atoms with Gasteiger partial charge in [0, 0.05) is 25.2 Å². The van der Waals surface area contributed by atoms with Crippen molar-refractivity contribution < 1.29 is 18.3 Å². The fraction of sp³-hybridized carbons (Fsp3) is 0.250. The summed E-state index contributed by atoms with van der Waals surface area (Å²) in [5, 5.41) is 21.6. The van der Waals surface area contributed by atoms with E-state index in [9.17, 15) is 5.11 Å². The summed E-state index contributed by atoms with van der Waals surface area (Å²) in [6.07, 6.45) is 3.73. The second-order valence-electron chi connectivity index (χ2n) is 9.41. The van der Waals surface area contributed by atoms with E-state index in [1.165, 1.54) is 18.5 Å². The van der Waals surface area contributed by atoms with Gasteiger partial charge in [0.2, 0.25) is 5.89 Å². The number of aliphatic hydroxyl groups is 1. The summed E-state index contributed by atoms with van der Waals surface area (Å²) in [7, 11) is 1.77. The number of nitrogens with zero attached hydrogens (tertiary/aromatic N) is 4. The van der Waals surface area contributed by atoms with Gasteiger partial charge in [-0.1, -0.05) is 36.4 Å². The summed E-state index contributed by atoms with van der Waals surface area (Å²) in [4.78, 5) is 4.51. The van der Waals surface area contributed by atoms with Gasteiger partial charge in [0.1, 0.15) is 17.7 Å². The standard InChI is InChI=1S/C28H25F2N5O2/c1-35-15-32-34-27(35)24-18(17-6-3-2-4-7-17)10-11-19(29)25(24)28-33-22-13-16(12-20(30)26(22)37-28)14-31-21-8-5-9-23(21)36/h2-4,6-7,10-13,15,21,23,31,36H,5,8-9,14H2,1H3. The van der Waals surface area contributed by atoms with E-state index < -0.39 is 17.7 Å². The van der Waals surface area contributed by atoms with Crippen LogP contribution in [0, 0.1) is 11.6 Å². The van der Waals surface area contributed by atoms with Crippen LogP contribution in [0.3, 0.4) is 0 Å². The highest BCUT2D eigenvalue weighted by Gasteiger charge is 2.27. The van der Waals surface area contributed by atoms with Crippen LogP contribution in [0.15, 0.2) is 65.3 Å². The van der Waals surface area contributed by atoms with Crippen LogP contribution in [0.4, 0.5) is 8.78 Å². The van der Waals surface area contributed by atoms with Crippen LogP contribution in [0.2, 0.25) is 0 Å². The first-order chi connectivity index (χ1) is 18.0. The molecule has 0 saturated heterocycles. The van der Waals surface area contributed by atoms with Crippen LogP contribution in [0.1, 0.15) is 24.8 Å². The minimum absolute atomic E-state index is 0.0181. The molecule has 2 atom stereocenters. The number of nitrogens with one attached hydrogen (secondary N) is 1. The van der Waals surface area contributed by atoms with E-state index in [1.807, 2.05) is 30.3 Å². The zero-order valence-electron chi connectivity index (χ0n) is 20.2. The molecule has 0 amide bonds. The number of hydrogen-bond acceptors (Lipinski definition) is 6. The van der Waals surface area contributed by atoms with Crippen molar-refractivity contribution in [3.05, 3.63) is 78.1 Å². The summed E-state index contributed by atoms with van der Waals surface area (Å²) in [5.74, 6) is -0.767. The van der Waals surface area contributed by atoms with Gasteiger partial charge in [0.15, 0.2) is 17.2 Å². The van der Waals surface area contributed by atoms with Gasteiger partial charge in [0.25, 0.3) is 0 Å². The van der Waals surface area contributed by atoms with Gasteiger partial charge < -0.3 is 19.4 Å². The number of hydrogen-bond donors (Lipinski definition) is 2. The third-order valence-electron chi connectivity index (χ3n) is 6.94. The molecule has 7 nitrogen and oxygen atoms in total. The molecule has 2 N–H and O–H groups in total. The predicted molar refractivity (Wildman–Crippen MR) is 135 cm³/mol. The minimum Gasteiger partial charge on any atom is -0.433 e. The average Bonchev–Trinajstić information content (AvgIpc) is 3.63. The lowest BCUT2D eigenvalue weighted by Gasteiger charge is -2.16. The number of oxazole rings is 1. The van der Waals surface area contributed by atoms with Gasteiger partial charge in [0.05, 0.1) is 11.7 Å². The molecule has 2 unspecified atom stereocenters. The lowest BCUT2D eigenvalue weighted by atomic mass is 9.94. The summed E-state index contributed by atoms with van der Waals surface area (Å²) in [5.41, 5.74) is 3.01. The van der Waals surface area contributed by atoms with E-state index in [4.69, 9.17) is 4.42 Å². The van der Waals surface area contributed by atoms with Crippen molar-refractivity contribution in [2.45, 2.75) is 38.0 Å². The molecule has 188 valence electrons. The molecule has 0 spiro atoms. The molecule has 1 saturated carbocycles. The molecule has 6 rings (SSSR count). The number of aryl methyl sites for hydroxylation is 1. The third kappa shape index (κ3) is 4.30. The Balaban J connectivity index is 1.47. The predicted octanol–water partition coefficient (Wildman–Crippen LogP) is 5.24. The smallest absolute Gasteiger partial charge is 0.231 e. The molecule has 1 aliphatic carbocycles. The van der Waals surface area contributed by atoms with Crippen molar-refractivity contribution in [2.75, 3.05) is 0 Å². The molecule has 1 aliphatic rings. The SMILES string of the molecule is Cn1cnnc1-c1c(-c2ccccc2)ccc(F)c1-c1nc2cc(CNC3CCCC3O)cc(F)c2o1. The summed E-state index contributed by atoms with van der Waals surface area (Å²) < 4.78 is 38.1. The highest BCUT2D eigenvalue weighted by Crippen LogP contribution is 2.41. The zero-order valence-corrected chi connectivity index (χ0v) is 20.2. The van der Waals surface area contributed by atoms with Crippen molar-refractivity contribution in [2.24, 2.45) is 7.05 Å². The minimum atomic E-state index is -0.583. The fourth-order valence-electron chi connectivity index (χ4n) is 5.07. The topological polar surface area (TPSA) is 89.0 Å². The monoisotopic (exact) mass is 501 g/mol. The summed E-state index contributed by atoms with van der Waals surface area (Å²) in [6.45, 7) is 0.374. The van der Waals surface area contributed by atoms with Crippen molar-refractivity contribution in [3.63, 3.8) is 0 Å². The molecule has 2 heterocycles. The van der Waals surface area contributed by atoms with Gasteiger partial charge >= 0.3 is 0 Å². The van der Waals surface area contributed by atoms with Gasteiger partial charge in [-0.2, -0.15) is 0 Å². The Morgan fingerprint density at radius 1 is 1.05 bits per heavy atom. The molecule has 37 heavy (non-hydrogen) atoms. The van der Waals surface area contributed by atoms with Gasteiger partial charge in [-0.25, -0.2) is 13.8 Å². The Morgan fingerprint density at radius 3 is 2.62 bits per heavy atom. The van der Waals surface area contributed by atoms with Crippen molar-refractivity contribution >= 4 is 11.1 Å². The molecular weight excluding hydrogens is 476 g/mol. The first kappa shape index (κ1) is 23.4. The lowest BCUT2D eigenvalue weighted by molar-refractivity contribution is 0.148. The molecule has 0 aliphatic heterocycles. The average molecular weight is 502 g/mol. The first-order valence-electron chi connectivity index (χ1n) is 12.2. The largest absolute Gasteiger partial charge is 0.433 e. The third-order valence-corrected chi connectivity index (χ3v) is 6.94. The number of aliphatic hydroxyl groups excluding tert-OH is 1. The van der Waals surface area contributed by atoms with E-state index in [0.29, 0.717) is 23.5 Å². The second-order valence-corrected chi connectivity index (χ2v) is 9.41. The fourth-order valence-corrected chi connectivity index (χ4v) is 5.07. The maximum Gasteiger partial charge on any atom is 0.231 e. The molecule has 2 aromatic heterocycles. The first-order valence-corrected chi connectivity index (χ1v) is 12.2. The maximum absolute atomic E-state index is 15.5.